The molecule has 2 amide bonds. The fourth-order valence-corrected chi connectivity index (χ4v) is 1.17. The monoisotopic (exact) mass is 204 g/mol. The van der Waals surface area contributed by atoms with E-state index in [-0.39, 0.29) is 6.03 Å². The summed E-state index contributed by atoms with van der Waals surface area (Å²) < 4.78 is 0.838. The molecule has 1 fully saturated rings. The highest BCUT2D eigenvalue weighted by atomic mass is 79.9. The predicted octanol–water partition coefficient (Wildman–Crippen LogP) is 0.920. The van der Waals surface area contributed by atoms with Crippen molar-refractivity contribution in [3.8, 4) is 0 Å². The normalized spacial score (nSPS) is 17.3. The number of hydrogen-bond acceptors (Lipinski definition) is 1. The van der Waals surface area contributed by atoms with Gasteiger partial charge in [0, 0.05) is 17.6 Å². The van der Waals surface area contributed by atoms with Gasteiger partial charge in [0.05, 0.1) is 6.54 Å². The van der Waals surface area contributed by atoms with Gasteiger partial charge in [-0.2, -0.15) is 0 Å². The van der Waals surface area contributed by atoms with E-state index in [9.17, 15) is 4.79 Å². The van der Waals surface area contributed by atoms with Crippen LogP contribution in [0.2, 0.25) is 0 Å². The summed E-state index contributed by atoms with van der Waals surface area (Å²) in [5.74, 6) is 0. The Morgan fingerprint density at radius 2 is 2.60 bits per heavy atom. The molecule has 0 saturated carbocycles. The average Bonchev–Trinajstić information content (AvgIpc) is 2.15. The van der Waals surface area contributed by atoms with Gasteiger partial charge in [0.2, 0.25) is 0 Å². The number of halogens is 1. The van der Waals surface area contributed by atoms with Crippen molar-refractivity contribution >= 4 is 22.0 Å². The Morgan fingerprint density at radius 3 is 3.00 bits per heavy atom. The van der Waals surface area contributed by atoms with Gasteiger partial charge in [0.25, 0.3) is 0 Å². The number of carbonyl (C=O) groups is 1. The molecule has 1 saturated heterocycles. The number of rotatable bonds is 2. The second-order valence-corrected chi connectivity index (χ2v) is 3.29. The molecule has 0 aromatic heterocycles. The second-order valence-electron chi connectivity index (χ2n) is 2.17. The number of nitrogens with zero attached hydrogens (tertiary/aromatic N) is 1. The zero-order valence-electron chi connectivity index (χ0n) is 5.56. The third-order valence-electron chi connectivity index (χ3n) is 1.31. The molecular weight excluding hydrogens is 196 g/mol. The zero-order chi connectivity index (χ0) is 7.56. The lowest BCUT2D eigenvalue weighted by molar-refractivity contribution is 0.221. The first-order valence-corrected chi connectivity index (χ1v) is 3.85. The molecule has 0 radical (unpaired) electrons. The molecule has 0 aliphatic carbocycles. The van der Waals surface area contributed by atoms with Crippen LogP contribution in [0.4, 0.5) is 4.79 Å². The predicted molar refractivity (Wildman–Crippen MR) is 43.0 cm³/mol. The van der Waals surface area contributed by atoms with Crippen LogP contribution in [0.25, 0.3) is 0 Å². The summed E-state index contributed by atoms with van der Waals surface area (Å²) in [5, 5.41) is 2.70. The van der Waals surface area contributed by atoms with Crippen LogP contribution in [0.3, 0.4) is 0 Å². The molecule has 1 rings (SSSR count). The van der Waals surface area contributed by atoms with Crippen LogP contribution in [-0.2, 0) is 0 Å². The number of carbonyl (C=O) groups excluding carboxylic acids is 1. The minimum absolute atomic E-state index is 0.000556. The third-order valence-corrected chi connectivity index (χ3v) is 1.56. The molecule has 0 aromatic rings. The Labute approximate surface area is 68.2 Å². The summed E-state index contributed by atoms with van der Waals surface area (Å²) in [6.45, 7) is 5.78. The fourth-order valence-electron chi connectivity index (χ4n) is 0.869. The summed E-state index contributed by atoms with van der Waals surface area (Å²) in [6.07, 6.45) is 0. The molecule has 0 unspecified atom stereocenters. The Balaban J connectivity index is 2.40. The van der Waals surface area contributed by atoms with E-state index >= 15 is 0 Å². The fraction of sp³-hybridized carbons (Fsp3) is 0.500. The standard InChI is InChI=1S/C6H9BrN2O/c1-5(7)4-9-3-2-8-6(9)10/h1-4H2,(H,8,10). The molecule has 10 heavy (non-hydrogen) atoms. The molecular formula is C6H9BrN2O. The van der Waals surface area contributed by atoms with Crippen LogP contribution in [-0.4, -0.2) is 30.6 Å². The van der Waals surface area contributed by atoms with Gasteiger partial charge in [-0.1, -0.05) is 22.5 Å². The van der Waals surface area contributed by atoms with Gasteiger partial charge < -0.3 is 10.2 Å². The van der Waals surface area contributed by atoms with E-state index in [1.807, 2.05) is 0 Å². The first kappa shape index (κ1) is 7.60. The Hall–Kier alpha value is -0.510. The lowest BCUT2D eigenvalue weighted by atomic mass is 10.5. The lowest BCUT2D eigenvalue weighted by Crippen LogP contribution is -2.28. The minimum atomic E-state index is 0.000556. The van der Waals surface area contributed by atoms with Crippen LogP contribution < -0.4 is 5.32 Å². The Bertz CT molecular complexity index is 169. The molecule has 1 N–H and O–H groups in total. The summed E-state index contributed by atoms with van der Waals surface area (Å²) in [6, 6.07) is 0.000556. The minimum Gasteiger partial charge on any atom is -0.336 e. The number of urea groups is 1. The first-order valence-electron chi connectivity index (χ1n) is 3.06. The highest BCUT2D eigenvalue weighted by molar-refractivity contribution is 9.11. The van der Waals surface area contributed by atoms with Crippen LogP contribution in [0, 0.1) is 0 Å². The van der Waals surface area contributed by atoms with Gasteiger partial charge in [0.15, 0.2) is 0 Å². The van der Waals surface area contributed by atoms with E-state index in [4.69, 9.17) is 0 Å². The van der Waals surface area contributed by atoms with Gasteiger partial charge in [-0.15, -0.1) is 0 Å². The summed E-state index contributed by atoms with van der Waals surface area (Å²) in [5.41, 5.74) is 0. The van der Waals surface area contributed by atoms with Crippen molar-refractivity contribution in [3.63, 3.8) is 0 Å². The topological polar surface area (TPSA) is 32.3 Å². The number of amides is 2. The maximum atomic E-state index is 10.9. The van der Waals surface area contributed by atoms with E-state index in [0.29, 0.717) is 6.54 Å². The highest BCUT2D eigenvalue weighted by Crippen LogP contribution is 2.06. The van der Waals surface area contributed by atoms with Crippen LogP contribution in [0.5, 0.6) is 0 Å². The van der Waals surface area contributed by atoms with Crippen molar-refractivity contribution in [2.75, 3.05) is 19.6 Å². The largest absolute Gasteiger partial charge is 0.336 e. The molecule has 0 atom stereocenters. The van der Waals surface area contributed by atoms with Crippen molar-refractivity contribution < 1.29 is 4.79 Å². The van der Waals surface area contributed by atoms with Gasteiger partial charge in [-0.3, -0.25) is 0 Å². The molecule has 56 valence electrons. The molecule has 4 heteroatoms. The average molecular weight is 205 g/mol. The maximum absolute atomic E-state index is 10.9. The van der Waals surface area contributed by atoms with E-state index < -0.39 is 0 Å². The summed E-state index contributed by atoms with van der Waals surface area (Å²) in [7, 11) is 0. The zero-order valence-corrected chi connectivity index (χ0v) is 7.15. The molecule has 0 aromatic carbocycles. The highest BCUT2D eigenvalue weighted by Gasteiger charge is 2.18. The Kier molecular flexibility index (Phi) is 2.32. The first-order chi connectivity index (χ1) is 4.70. The van der Waals surface area contributed by atoms with Crippen LogP contribution in [0.15, 0.2) is 11.1 Å². The molecule has 1 aliphatic heterocycles. The lowest BCUT2D eigenvalue weighted by Gasteiger charge is -2.11. The van der Waals surface area contributed by atoms with Crippen molar-refractivity contribution in [3.05, 3.63) is 11.1 Å². The van der Waals surface area contributed by atoms with E-state index in [1.165, 1.54) is 0 Å². The number of nitrogens with one attached hydrogen (secondary N) is 1. The summed E-state index contributed by atoms with van der Waals surface area (Å²) >= 11 is 3.20. The maximum Gasteiger partial charge on any atom is 0.317 e. The van der Waals surface area contributed by atoms with Gasteiger partial charge in [0.1, 0.15) is 0 Å². The third kappa shape index (κ3) is 1.73. The second kappa shape index (κ2) is 3.05. The van der Waals surface area contributed by atoms with Gasteiger partial charge in [-0.05, 0) is 0 Å². The smallest absolute Gasteiger partial charge is 0.317 e. The van der Waals surface area contributed by atoms with E-state index in [0.717, 1.165) is 17.6 Å². The van der Waals surface area contributed by atoms with Crippen molar-refractivity contribution in [1.29, 1.82) is 0 Å². The van der Waals surface area contributed by atoms with Crippen LogP contribution in [0.1, 0.15) is 0 Å². The van der Waals surface area contributed by atoms with Gasteiger partial charge >= 0.3 is 6.03 Å². The molecule has 3 nitrogen and oxygen atoms in total. The number of hydrogen-bond donors (Lipinski definition) is 1. The molecule has 0 spiro atoms. The SMILES string of the molecule is C=C(Br)CN1CCNC1=O. The Morgan fingerprint density at radius 1 is 1.90 bits per heavy atom. The van der Waals surface area contributed by atoms with Crippen molar-refractivity contribution in [2.45, 2.75) is 0 Å². The quantitative estimate of drug-likeness (QED) is 0.714. The molecule has 1 aliphatic rings. The summed E-state index contributed by atoms with van der Waals surface area (Å²) in [4.78, 5) is 12.6. The van der Waals surface area contributed by atoms with Crippen molar-refractivity contribution in [2.24, 2.45) is 0 Å². The molecule has 1 heterocycles. The van der Waals surface area contributed by atoms with Crippen LogP contribution >= 0.6 is 15.9 Å². The van der Waals surface area contributed by atoms with Gasteiger partial charge in [-0.25, -0.2) is 4.79 Å². The van der Waals surface area contributed by atoms with E-state index in [2.05, 4.69) is 27.8 Å². The van der Waals surface area contributed by atoms with Crippen molar-refractivity contribution in [1.82, 2.24) is 10.2 Å². The molecule has 0 bridgehead atoms. The van der Waals surface area contributed by atoms with E-state index in [1.54, 1.807) is 4.90 Å².